The largest absolute Gasteiger partial charge is 0.378 e. The van der Waals surface area contributed by atoms with Crippen molar-refractivity contribution in [1.29, 1.82) is 0 Å². The monoisotopic (exact) mass is 405 g/mol. The van der Waals surface area contributed by atoms with Crippen molar-refractivity contribution in [2.75, 3.05) is 31.2 Å². The van der Waals surface area contributed by atoms with Gasteiger partial charge in [0.15, 0.2) is 0 Å². The molecule has 0 saturated carbocycles. The van der Waals surface area contributed by atoms with E-state index in [4.69, 9.17) is 4.74 Å². The summed E-state index contributed by atoms with van der Waals surface area (Å²) in [4.78, 5) is 24.1. The molecule has 3 aromatic rings. The summed E-state index contributed by atoms with van der Waals surface area (Å²) in [5, 5.41) is 3.07. The van der Waals surface area contributed by atoms with E-state index >= 15 is 0 Å². The molecule has 0 atom stereocenters. The molecule has 1 amide bonds. The Labute approximate surface area is 176 Å². The number of pyridine rings is 2. The van der Waals surface area contributed by atoms with Gasteiger partial charge in [-0.3, -0.25) is 9.78 Å². The van der Waals surface area contributed by atoms with Crippen LogP contribution >= 0.6 is 0 Å². The Morgan fingerprint density at radius 3 is 2.67 bits per heavy atom. The highest BCUT2D eigenvalue weighted by Crippen LogP contribution is 2.20. The first kappa shape index (κ1) is 20.1. The molecule has 1 saturated heterocycles. The number of carbonyl (C=O) groups is 1. The highest BCUT2D eigenvalue weighted by atomic mass is 16.5. The number of nitrogens with one attached hydrogen (secondary N) is 1. The van der Waals surface area contributed by atoms with Gasteiger partial charge in [-0.15, -0.1) is 0 Å². The lowest BCUT2D eigenvalue weighted by Crippen LogP contribution is -2.37. The molecule has 1 aliphatic rings. The number of aryl methyl sites for hydroxylation is 1. The molecule has 0 aromatic carbocycles. The number of carbonyl (C=O) groups excluding carboxylic acids is 1. The molecule has 1 N–H and O–H groups in total. The summed E-state index contributed by atoms with van der Waals surface area (Å²) in [6.45, 7) is 8.10. The van der Waals surface area contributed by atoms with Gasteiger partial charge in [-0.2, -0.15) is 0 Å². The molecule has 0 unspecified atom stereocenters. The quantitative estimate of drug-likeness (QED) is 0.683. The van der Waals surface area contributed by atoms with Crippen molar-refractivity contribution < 1.29 is 9.53 Å². The normalized spacial score (nSPS) is 14.0. The van der Waals surface area contributed by atoms with Crippen LogP contribution in [0.5, 0.6) is 0 Å². The van der Waals surface area contributed by atoms with Crippen LogP contribution in [0, 0.1) is 13.8 Å². The number of hydrogen-bond acceptors (Lipinski definition) is 5. The van der Waals surface area contributed by atoms with Gasteiger partial charge in [0.25, 0.3) is 5.91 Å². The Morgan fingerprint density at radius 2 is 1.90 bits per heavy atom. The van der Waals surface area contributed by atoms with Crippen molar-refractivity contribution >= 4 is 11.7 Å². The summed E-state index contributed by atoms with van der Waals surface area (Å²) in [5.41, 5.74) is 4.65. The van der Waals surface area contributed by atoms with E-state index in [2.05, 4.69) is 24.8 Å². The molecule has 0 bridgehead atoms. The zero-order valence-electron chi connectivity index (χ0n) is 17.5. The standard InChI is InChI=1S/C23H27N5O2/c1-17-14-21(18(2)28(17)16-20-7-3-4-8-24-20)23(29)26-15-19-6-5-9-25-22(19)27-10-12-30-13-11-27/h3-9,14H,10-13,15-16H2,1-2H3,(H,26,29). The Balaban J connectivity index is 1.47. The second-order valence-electron chi connectivity index (χ2n) is 7.46. The molecule has 0 aliphatic carbocycles. The van der Waals surface area contributed by atoms with Crippen molar-refractivity contribution in [2.24, 2.45) is 0 Å². The van der Waals surface area contributed by atoms with Crippen LogP contribution < -0.4 is 10.2 Å². The number of aromatic nitrogens is 3. The number of hydrogen-bond donors (Lipinski definition) is 1. The summed E-state index contributed by atoms with van der Waals surface area (Å²) in [7, 11) is 0. The van der Waals surface area contributed by atoms with Gasteiger partial charge in [-0.05, 0) is 38.1 Å². The number of amides is 1. The average Bonchev–Trinajstić information content (AvgIpc) is 3.07. The van der Waals surface area contributed by atoms with Crippen LogP contribution in [0.1, 0.15) is 33.0 Å². The molecule has 4 heterocycles. The highest BCUT2D eigenvalue weighted by Gasteiger charge is 2.19. The second-order valence-corrected chi connectivity index (χ2v) is 7.46. The number of anilines is 1. The van der Waals surface area contributed by atoms with Crippen molar-refractivity contribution in [1.82, 2.24) is 19.9 Å². The summed E-state index contributed by atoms with van der Waals surface area (Å²) in [5.74, 6) is 0.842. The molecular formula is C23H27N5O2. The van der Waals surface area contributed by atoms with Gasteiger partial charge in [0, 0.05) is 49.0 Å². The SMILES string of the molecule is Cc1cc(C(=O)NCc2cccnc2N2CCOCC2)c(C)n1Cc1ccccn1. The third kappa shape index (κ3) is 4.36. The first-order valence-electron chi connectivity index (χ1n) is 10.2. The number of rotatable bonds is 6. The molecule has 4 rings (SSSR count). The van der Waals surface area contributed by atoms with Gasteiger partial charge >= 0.3 is 0 Å². The van der Waals surface area contributed by atoms with Gasteiger partial charge in [0.1, 0.15) is 5.82 Å². The van der Waals surface area contributed by atoms with E-state index in [9.17, 15) is 4.79 Å². The van der Waals surface area contributed by atoms with E-state index in [1.807, 2.05) is 50.2 Å². The van der Waals surface area contributed by atoms with Gasteiger partial charge < -0.3 is 19.5 Å². The van der Waals surface area contributed by atoms with E-state index in [1.54, 1.807) is 12.4 Å². The fourth-order valence-electron chi connectivity index (χ4n) is 3.83. The molecule has 0 radical (unpaired) electrons. The third-order valence-corrected chi connectivity index (χ3v) is 5.48. The van der Waals surface area contributed by atoms with Gasteiger partial charge in [-0.25, -0.2) is 4.98 Å². The lowest BCUT2D eigenvalue weighted by molar-refractivity contribution is 0.0950. The molecular weight excluding hydrogens is 378 g/mol. The lowest BCUT2D eigenvalue weighted by atomic mass is 10.2. The molecule has 3 aromatic heterocycles. The minimum Gasteiger partial charge on any atom is -0.378 e. The van der Waals surface area contributed by atoms with Crippen LogP contribution in [0.3, 0.4) is 0 Å². The molecule has 0 spiro atoms. The van der Waals surface area contributed by atoms with E-state index < -0.39 is 0 Å². The Bertz CT molecular complexity index is 1010. The van der Waals surface area contributed by atoms with Crippen LogP contribution in [0.4, 0.5) is 5.82 Å². The maximum atomic E-state index is 13.0. The molecule has 7 nitrogen and oxygen atoms in total. The molecule has 156 valence electrons. The van der Waals surface area contributed by atoms with Crippen molar-refractivity contribution in [3.8, 4) is 0 Å². The summed E-state index contributed by atoms with van der Waals surface area (Å²) in [6, 6.07) is 11.7. The fourth-order valence-corrected chi connectivity index (χ4v) is 3.83. The van der Waals surface area contributed by atoms with Crippen molar-refractivity contribution in [3.05, 3.63) is 77.0 Å². The van der Waals surface area contributed by atoms with Gasteiger partial charge in [0.2, 0.25) is 0 Å². The maximum absolute atomic E-state index is 13.0. The number of morpholine rings is 1. The molecule has 30 heavy (non-hydrogen) atoms. The van der Waals surface area contributed by atoms with E-state index in [-0.39, 0.29) is 5.91 Å². The fraction of sp³-hybridized carbons (Fsp3) is 0.348. The topological polar surface area (TPSA) is 72.3 Å². The van der Waals surface area contributed by atoms with Crippen LogP contribution in [0.15, 0.2) is 48.8 Å². The van der Waals surface area contributed by atoms with Crippen molar-refractivity contribution in [2.45, 2.75) is 26.9 Å². The average molecular weight is 406 g/mol. The van der Waals surface area contributed by atoms with E-state index in [0.717, 1.165) is 41.6 Å². The summed E-state index contributed by atoms with van der Waals surface area (Å²) in [6.07, 6.45) is 3.58. The summed E-state index contributed by atoms with van der Waals surface area (Å²) < 4.78 is 7.57. The number of nitrogens with zero attached hydrogens (tertiary/aromatic N) is 4. The predicted molar refractivity (Wildman–Crippen MR) is 116 cm³/mol. The number of ether oxygens (including phenoxy) is 1. The Morgan fingerprint density at radius 1 is 1.10 bits per heavy atom. The first-order chi connectivity index (χ1) is 14.6. The minimum absolute atomic E-state index is 0.0767. The van der Waals surface area contributed by atoms with E-state index in [0.29, 0.717) is 31.9 Å². The van der Waals surface area contributed by atoms with Crippen LogP contribution in [0.25, 0.3) is 0 Å². The Kier molecular flexibility index (Phi) is 6.09. The lowest BCUT2D eigenvalue weighted by Gasteiger charge is -2.29. The zero-order valence-corrected chi connectivity index (χ0v) is 17.5. The maximum Gasteiger partial charge on any atom is 0.253 e. The van der Waals surface area contributed by atoms with Crippen LogP contribution in [-0.2, 0) is 17.8 Å². The molecule has 1 aliphatic heterocycles. The second kappa shape index (κ2) is 9.09. The smallest absolute Gasteiger partial charge is 0.253 e. The van der Waals surface area contributed by atoms with Gasteiger partial charge in [0.05, 0.1) is 31.0 Å². The third-order valence-electron chi connectivity index (χ3n) is 5.48. The minimum atomic E-state index is -0.0767. The summed E-state index contributed by atoms with van der Waals surface area (Å²) >= 11 is 0. The predicted octanol–water partition coefficient (Wildman–Crippen LogP) is 2.71. The van der Waals surface area contributed by atoms with Crippen molar-refractivity contribution in [3.63, 3.8) is 0 Å². The highest BCUT2D eigenvalue weighted by molar-refractivity contribution is 5.95. The molecule has 1 fully saturated rings. The Hall–Kier alpha value is -3.19. The molecule has 7 heteroatoms. The van der Waals surface area contributed by atoms with Gasteiger partial charge in [-0.1, -0.05) is 12.1 Å². The van der Waals surface area contributed by atoms with Crippen LogP contribution in [0.2, 0.25) is 0 Å². The van der Waals surface area contributed by atoms with E-state index in [1.165, 1.54) is 0 Å². The zero-order chi connectivity index (χ0) is 20.9. The van der Waals surface area contributed by atoms with Crippen LogP contribution in [-0.4, -0.2) is 46.7 Å². The first-order valence-corrected chi connectivity index (χ1v) is 10.2.